The summed E-state index contributed by atoms with van der Waals surface area (Å²) in [5.41, 5.74) is 0. The molecule has 0 radical (unpaired) electrons. The van der Waals surface area contributed by atoms with Crippen molar-refractivity contribution in [3.05, 3.63) is 0 Å². The number of likely N-dealkylation sites (tertiary alicyclic amines) is 1. The Morgan fingerprint density at radius 3 is 2.86 bits per heavy atom. The van der Waals surface area contributed by atoms with Gasteiger partial charge in [-0.15, -0.1) is 0 Å². The van der Waals surface area contributed by atoms with Crippen molar-refractivity contribution in [1.29, 1.82) is 0 Å². The zero-order valence-corrected chi connectivity index (χ0v) is 8.99. The van der Waals surface area contributed by atoms with Gasteiger partial charge in [-0.25, -0.2) is 0 Å². The molecule has 82 valence electrons. The first kappa shape index (κ1) is 11.5. The molecular weight excluding hydrogens is 180 g/mol. The topological polar surface area (TPSA) is 52.6 Å². The quantitative estimate of drug-likeness (QED) is 0.689. The third-order valence-electron chi connectivity index (χ3n) is 2.79. The molecule has 0 spiro atoms. The van der Waals surface area contributed by atoms with Crippen molar-refractivity contribution in [2.24, 2.45) is 5.92 Å². The van der Waals surface area contributed by atoms with Crippen LogP contribution in [-0.4, -0.2) is 48.7 Å². The van der Waals surface area contributed by atoms with Crippen molar-refractivity contribution in [1.82, 2.24) is 10.2 Å². The number of aliphatic carboxylic acids is 1. The lowest BCUT2D eigenvalue weighted by molar-refractivity contribution is -0.137. The molecule has 1 aliphatic rings. The van der Waals surface area contributed by atoms with E-state index in [1.807, 2.05) is 7.05 Å². The van der Waals surface area contributed by atoms with Gasteiger partial charge in [-0.1, -0.05) is 6.92 Å². The van der Waals surface area contributed by atoms with Crippen LogP contribution in [-0.2, 0) is 4.79 Å². The lowest BCUT2D eigenvalue weighted by atomic mass is 9.96. The number of carboxylic acid groups (broad SMARTS) is 1. The standard InChI is InChI=1S/C10H20N2O2/c1-8-5-9(11-2)7-12(6-8)4-3-10(13)14/h8-9,11H,3-7H2,1-2H3,(H,13,14). The average Bonchev–Trinajstić information content (AvgIpc) is 2.14. The first-order valence-electron chi connectivity index (χ1n) is 5.23. The zero-order valence-electron chi connectivity index (χ0n) is 8.99. The first-order chi connectivity index (χ1) is 6.61. The summed E-state index contributed by atoms with van der Waals surface area (Å²) in [6.45, 7) is 4.91. The van der Waals surface area contributed by atoms with Crippen molar-refractivity contribution in [3.8, 4) is 0 Å². The Balaban J connectivity index is 2.33. The molecule has 0 aromatic heterocycles. The largest absolute Gasteiger partial charge is 0.481 e. The van der Waals surface area contributed by atoms with Gasteiger partial charge in [0.2, 0.25) is 0 Å². The number of piperidine rings is 1. The minimum atomic E-state index is -0.704. The van der Waals surface area contributed by atoms with Crippen LogP contribution in [0.1, 0.15) is 19.8 Å². The SMILES string of the molecule is CNC1CC(C)CN(CCC(=O)O)C1. The van der Waals surface area contributed by atoms with E-state index in [1.165, 1.54) is 6.42 Å². The van der Waals surface area contributed by atoms with Crippen molar-refractivity contribution < 1.29 is 9.90 Å². The van der Waals surface area contributed by atoms with Gasteiger partial charge in [0, 0.05) is 25.7 Å². The summed E-state index contributed by atoms with van der Waals surface area (Å²) < 4.78 is 0. The molecular formula is C10H20N2O2. The fourth-order valence-corrected chi connectivity index (χ4v) is 2.11. The van der Waals surface area contributed by atoms with Crippen molar-refractivity contribution in [3.63, 3.8) is 0 Å². The monoisotopic (exact) mass is 200 g/mol. The van der Waals surface area contributed by atoms with Crippen LogP contribution in [0.4, 0.5) is 0 Å². The molecule has 1 rings (SSSR count). The van der Waals surface area contributed by atoms with Crippen LogP contribution in [0.2, 0.25) is 0 Å². The van der Waals surface area contributed by atoms with Gasteiger partial charge in [0.05, 0.1) is 6.42 Å². The van der Waals surface area contributed by atoms with E-state index in [0.29, 0.717) is 18.5 Å². The summed E-state index contributed by atoms with van der Waals surface area (Å²) >= 11 is 0. The first-order valence-corrected chi connectivity index (χ1v) is 5.23. The van der Waals surface area contributed by atoms with Crippen LogP contribution in [0.15, 0.2) is 0 Å². The lowest BCUT2D eigenvalue weighted by Gasteiger charge is -2.36. The normalized spacial score (nSPS) is 29.0. The van der Waals surface area contributed by atoms with Crippen LogP contribution in [0.5, 0.6) is 0 Å². The minimum Gasteiger partial charge on any atom is -0.481 e. The van der Waals surface area contributed by atoms with E-state index in [4.69, 9.17) is 5.11 Å². The number of carboxylic acids is 1. The van der Waals surface area contributed by atoms with Crippen LogP contribution < -0.4 is 5.32 Å². The number of hydrogen-bond donors (Lipinski definition) is 2. The van der Waals surface area contributed by atoms with Crippen molar-refractivity contribution in [2.75, 3.05) is 26.7 Å². The number of rotatable bonds is 4. The second-order valence-corrected chi connectivity index (χ2v) is 4.23. The van der Waals surface area contributed by atoms with E-state index in [-0.39, 0.29) is 6.42 Å². The van der Waals surface area contributed by atoms with Crippen LogP contribution in [0, 0.1) is 5.92 Å². The second kappa shape index (κ2) is 5.32. The maximum absolute atomic E-state index is 10.4. The Morgan fingerprint density at radius 2 is 2.29 bits per heavy atom. The van der Waals surface area contributed by atoms with E-state index in [9.17, 15) is 4.79 Å². The van der Waals surface area contributed by atoms with E-state index in [1.54, 1.807) is 0 Å². The molecule has 0 aliphatic carbocycles. The number of nitrogens with one attached hydrogen (secondary N) is 1. The van der Waals surface area contributed by atoms with Gasteiger partial charge in [0.1, 0.15) is 0 Å². The molecule has 0 aromatic rings. The van der Waals surface area contributed by atoms with Gasteiger partial charge >= 0.3 is 5.97 Å². The molecule has 1 aliphatic heterocycles. The summed E-state index contributed by atoms with van der Waals surface area (Å²) in [5.74, 6) is -0.0424. The Bertz CT molecular complexity index is 197. The van der Waals surface area contributed by atoms with Crippen LogP contribution >= 0.6 is 0 Å². The predicted molar refractivity (Wildman–Crippen MR) is 55.3 cm³/mol. The van der Waals surface area contributed by atoms with Gasteiger partial charge in [-0.2, -0.15) is 0 Å². The highest BCUT2D eigenvalue weighted by molar-refractivity contribution is 5.66. The molecule has 2 N–H and O–H groups in total. The van der Waals surface area contributed by atoms with Gasteiger partial charge < -0.3 is 15.3 Å². The smallest absolute Gasteiger partial charge is 0.304 e. The van der Waals surface area contributed by atoms with Gasteiger partial charge in [-0.3, -0.25) is 4.79 Å². The predicted octanol–water partition coefficient (Wildman–Crippen LogP) is 0.391. The summed E-state index contributed by atoms with van der Waals surface area (Å²) in [6.07, 6.45) is 1.45. The Morgan fingerprint density at radius 1 is 1.57 bits per heavy atom. The Labute approximate surface area is 85.3 Å². The summed E-state index contributed by atoms with van der Waals surface area (Å²) in [5, 5.41) is 11.9. The molecule has 2 atom stereocenters. The highest BCUT2D eigenvalue weighted by atomic mass is 16.4. The second-order valence-electron chi connectivity index (χ2n) is 4.23. The molecule has 14 heavy (non-hydrogen) atoms. The average molecular weight is 200 g/mol. The summed E-state index contributed by atoms with van der Waals surface area (Å²) in [7, 11) is 1.97. The van der Waals surface area contributed by atoms with Gasteiger partial charge in [0.25, 0.3) is 0 Å². The van der Waals surface area contributed by atoms with E-state index < -0.39 is 5.97 Å². The molecule has 0 bridgehead atoms. The Kier molecular flexibility index (Phi) is 4.35. The molecule has 2 unspecified atom stereocenters. The molecule has 4 heteroatoms. The number of hydrogen-bond acceptors (Lipinski definition) is 3. The number of likely N-dealkylation sites (N-methyl/N-ethyl adjacent to an activating group) is 1. The molecule has 0 saturated carbocycles. The molecule has 1 heterocycles. The van der Waals surface area contributed by atoms with Crippen molar-refractivity contribution in [2.45, 2.75) is 25.8 Å². The van der Waals surface area contributed by atoms with E-state index >= 15 is 0 Å². The Hall–Kier alpha value is -0.610. The van der Waals surface area contributed by atoms with Crippen LogP contribution in [0.3, 0.4) is 0 Å². The fourth-order valence-electron chi connectivity index (χ4n) is 2.11. The number of nitrogens with zero attached hydrogens (tertiary/aromatic N) is 1. The van der Waals surface area contributed by atoms with Crippen molar-refractivity contribution >= 4 is 5.97 Å². The maximum Gasteiger partial charge on any atom is 0.304 e. The third kappa shape index (κ3) is 3.64. The molecule has 4 nitrogen and oxygen atoms in total. The highest BCUT2D eigenvalue weighted by Gasteiger charge is 2.23. The molecule has 0 amide bonds. The fraction of sp³-hybridized carbons (Fsp3) is 0.900. The summed E-state index contributed by atoms with van der Waals surface area (Å²) in [4.78, 5) is 12.7. The molecule has 0 aromatic carbocycles. The maximum atomic E-state index is 10.4. The lowest BCUT2D eigenvalue weighted by Crippen LogP contribution is -2.48. The zero-order chi connectivity index (χ0) is 10.6. The minimum absolute atomic E-state index is 0.253. The molecule has 1 saturated heterocycles. The van der Waals surface area contributed by atoms with Gasteiger partial charge in [-0.05, 0) is 19.4 Å². The van der Waals surface area contributed by atoms with E-state index in [2.05, 4.69) is 17.1 Å². The number of carbonyl (C=O) groups is 1. The van der Waals surface area contributed by atoms with Gasteiger partial charge in [0.15, 0.2) is 0 Å². The summed E-state index contributed by atoms with van der Waals surface area (Å²) in [6, 6.07) is 0.521. The van der Waals surface area contributed by atoms with Crippen LogP contribution in [0.25, 0.3) is 0 Å². The third-order valence-corrected chi connectivity index (χ3v) is 2.79. The van der Waals surface area contributed by atoms with E-state index in [0.717, 1.165) is 13.1 Å². The molecule has 1 fully saturated rings. The highest BCUT2D eigenvalue weighted by Crippen LogP contribution is 2.15.